The molecular weight excluding hydrogens is 438 g/mol. The van der Waals surface area contributed by atoms with Gasteiger partial charge in [0.15, 0.2) is 11.5 Å². The summed E-state index contributed by atoms with van der Waals surface area (Å²) in [5.41, 5.74) is 3.90. The number of nitrogens with zero attached hydrogens (tertiary/aromatic N) is 1. The number of Topliss-reactive ketones (excluding diaryl/α,β-unsaturated/α-hetero) is 1. The minimum atomic E-state index is -0.400. The molecule has 0 aromatic heterocycles. The van der Waals surface area contributed by atoms with E-state index in [-0.39, 0.29) is 23.7 Å². The SMILES string of the molecule is COc1ccc(CCN2C(=O)C3=C(C(=O)C4CC(C)CCC4O3)C2c2ccc(C(C)C)cc2)cc1. The summed E-state index contributed by atoms with van der Waals surface area (Å²) in [7, 11) is 1.65. The summed E-state index contributed by atoms with van der Waals surface area (Å²) in [5.74, 6) is 1.82. The van der Waals surface area contributed by atoms with Gasteiger partial charge in [-0.2, -0.15) is 0 Å². The van der Waals surface area contributed by atoms with Crippen molar-refractivity contribution in [2.45, 2.75) is 64.5 Å². The van der Waals surface area contributed by atoms with Gasteiger partial charge in [0.2, 0.25) is 0 Å². The van der Waals surface area contributed by atoms with Gasteiger partial charge in [-0.05, 0) is 66.3 Å². The Kier molecular flexibility index (Phi) is 6.43. The number of methoxy groups -OCH3 is 1. The smallest absolute Gasteiger partial charge is 0.290 e. The van der Waals surface area contributed by atoms with Crippen molar-refractivity contribution in [2.75, 3.05) is 13.7 Å². The summed E-state index contributed by atoms with van der Waals surface area (Å²) in [6, 6.07) is 15.9. The first-order valence-electron chi connectivity index (χ1n) is 12.9. The highest BCUT2D eigenvalue weighted by Gasteiger charge is 2.52. The lowest BCUT2D eigenvalue weighted by Crippen LogP contribution is -2.41. The van der Waals surface area contributed by atoms with Crippen molar-refractivity contribution in [1.82, 2.24) is 4.90 Å². The minimum Gasteiger partial charge on any atom is -0.497 e. The van der Waals surface area contributed by atoms with Crippen LogP contribution in [0.25, 0.3) is 0 Å². The molecule has 35 heavy (non-hydrogen) atoms. The topological polar surface area (TPSA) is 55.8 Å². The van der Waals surface area contributed by atoms with Crippen LogP contribution in [-0.4, -0.2) is 36.3 Å². The molecule has 1 aliphatic carbocycles. The van der Waals surface area contributed by atoms with Gasteiger partial charge in [-0.25, -0.2) is 0 Å². The van der Waals surface area contributed by atoms with Crippen molar-refractivity contribution in [3.05, 3.63) is 76.6 Å². The quantitative estimate of drug-likeness (QED) is 0.548. The molecule has 0 radical (unpaired) electrons. The fraction of sp³-hybridized carbons (Fsp3) is 0.467. The van der Waals surface area contributed by atoms with E-state index in [1.54, 1.807) is 7.11 Å². The van der Waals surface area contributed by atoms with Gasteiger partial charge in [-0.1, -0.05) is 57.2 Å². The number of benzene rings is 2. The molecule has 5 nitrogen and oxygen atoms in total. The Morgan fingerprint density at radius 1 is 1.03 bits per heavy atom. The number of rotatable bonds is 6. The van der Waals surface area contributed by atoms with Crippen LogP contribution in [0.15, 0.2) is 59.9 Å². The number of carbonyl (C=O) groups is 2. The van der Waals surface area contributed by atoms with Gasteiger partial charge < -0.3 is 14.4 Å². The molecule has 184 valence electrons. The molecule has 1 fully saturated rings. The first kappa shape index (κ1) is 23.7. The molecule has 5 rings (SSSR count). The van der Waals surface area contributed by atoms with Crippen LogP contribution in [0.1, 0.15) is 68.7 Å². The molecule has 4 unspecified atom stereocenters. The predicted molar refractivity (Wildman–Crippen MR) is 135 cm³/mol. The summed E-state index contributed by atoms with van der Waals surface area (Å²) >= 11 is 0. The average molecular weight is 474 g/mol. The normalized spacial score (nSPS) is 26.0. The second-order valence-corrected chi connectivity index (χ2v) is 10.6. The van der Waals surface area contributed by atoms with Gasteiger partial charge in [0, 0.05) is 6.54 Å². The maximum atomic E-state index is 13.9. The summed E-state index contributed by atoms with van der Waals surface area (Å²) in [6.07, 6.45) is 3.22. The molecule has 0 bridgehead atoms. The third-order valence-corrected chi connectivity index (χ3v) is 7.92. The van der Waals surface area contributed by atoms with Crippen molar-refractivity contribution in [2.24, 2.45) is 11.8 Å². The molecule has 0 spiro atoms. The second kappa shape index (κ2) is 9.52. The maximum absolute atomic E-state index is 13.9. The van der Waals surface area contributed by atoms with Crippen molar-refractivity contribution in [1.29, 1.82) is 0 Å². The lowest BCUT2D eigenvalue weighted by Gasteiger charge is -2.37. The van der Waals surface area contributed by atoms with Crippen LogP contribution >= 0.6 is 0 Å². The lowest BCUT2D eigenvalue weighted by atomic mass is 9.74. The number of amides is 1. The number of ether oxygens (including phenoxy) is 2. The zero-order valence-electron chi connectivity index (χ0n) is 21.1. The van der Waals surface area contributed by atoms with Gasteiger partial charge in [-0.15, -0.1) is 0 Å². The molecule has 1 amide bonds. The van der Waals surface area contributed by atoms with E-state index < -0.39 is 6.04 Å². The van der Waals surface area contributed by atoms with Crippen LogP contribution in [0.4, 0.5) is 0 Å². The number of hydrogen-bond acceptors (Lipinski definition) is 4. The molecule has 1 saturated carbocycles. The van der Waals surface area contributed by atoms with Gasteiger partial charge in [0.1, 0.15) is 11.9 Å². The molecule has 0 saturated heterocycles. The van der Waals surface area contributed by atoms with E-state index in [1.807, 2.05) is 29.2 Å². The van der Waals surface area contributed by atoms with Crippen LogP contribution < -0.4 is 4.74 Å². The summed E-state index contributed by atoms with van der Waals surface area (Å²) in [4.78, 5) is 29.4. The standard InChI is InChI=1S/C30H35NO4/c1-18(2)21-8-10-22(11-9-21)27-26-28(32)24-17-19(3)5-14-25(24)35-29(26)30(33)31(27)16-15-20-6-12-23(34-4)13-7-20/h6-13,18-19,24-25,27H,5,14-17H2,1-4H3. The second-order valence-electron chi connectivity index (χ2n) is 10.6. The largest absolute Gasteiger partial charge is 0.497 e. The summed E-state index contributed by atoms with van der Waals surface area (Å²) in [6.45, 7) is 7.05. The molecule has 2 aromatic carbocycles. The van der Waals surface area contributed by atoms with Crippen molar-refractivity contribution >= 4 is 11.7 Å². The Morgan fingerprint density at radius 3 is 2.40 bits per heavy atom. The Balaban J connectivity index is 1.48. The monoisotopic (exact) mass is 473 g/mol. The van der Waals surface area contributed by atoms with Gasteiger partial charge in [0.25, 0.3) is 5.91 Å². The third kappa shape index (κ3) is 4.37. The van der Waals surface area contributed by atoms with Gasteiger partial charge in [-0.3, -0.25) is 9.59 Å². The lowest BCUT2D eigenvalue weighted by molar-refractivity contribution is -0.136. The Labute approximate surface area is 208 Å². The maximum Gasteiger partial charge on any atom is 0.290 e. The van der Waals surface area contributed by atoms with E-state index in [9.17, 15) is 9.59 Å². The number of hydrogen-bond donors (Lipinski definition) is 0. The van der Waals surface area contributed by atoms with Gasteiger partial charge in [0.05, 0.1) is 24.6 Å². The van der Waals surface area contributed by atoms with E-state index in [2.05, 4.69) is 45.0 Å². The fourth-order valence-electron chi connectivity index (χ4n) is 5.81. The number of fused-ring (bicyclic) bond motifs is 1. The Bertz CT molecular complexity index is 1130. The number of ketones is 1. The zero-order valence-corrected chi connectivity index (χ0v) is 21.1. The highest BCUT2D eigenvalue weighted by molar-refractivity contribution is 6.11. The van der Waals surface area contributed by atoms with E-state index in [0.717, 1.165) is 36.1 Å². The fourth-order valence-corrected chi connectivity index (χ4v) is 5.81. The number of carbonyl (C=O) groups excluding carboxylic acids is 2. The van der Waals surface area contributed by atoms with Crippen LogP contribution in [-0.2, 0) is 20.7 Å². The van der Waals surface area contributed by atoms with Crippen LogP contribution in [0, 0.1) is 11.8 Å². The highest BCUT2D eigenvalue weighted by Crippen LogP contribution is 2.47. The van der Waals surface area contributed by atoms with E-state index in [4.69, 9.17) is 9.47 Å². The zero-order chi connectivity index (χ0) is 24.7. The summed E-state index contributed by atoms with van der Waals surface area (Å²) < 4.78 is 11.6. The molecule has 3 aliphatic rings. The summed E-state index contributed by atoms with van der Waals surface area (Å²) in [5, 5.41) is 0. The molecule has 4 atom stereocenters. The van der Waals surface area contributed by atoms with E-state index in [1.165, 1.54) is 5.56 Å². The van der Waals surface area contributed by atoms with Crippen LogP contribution in [0.2, 0.25) is 0 Å². The van der Waals surface area contributed by atoms with E-state index in [0.29, 0.717) is 36.1 Å². The third-order valence-electron chi connectivity index (χ3n) is 7.92. The minimum absolute atomic E-state index is 0.112. The average Bonchev–Trinajstić information content (AvgIpc) is 3.15. The Hall–Kier alpha value is -3.08. The molecular formula is C30H35NO4. The molecule has 2 heterocycles. The first-order valence-corrected chi connectivity index (χ1v) is 12.9. The van der Waals surface area contributed by atoms with Gasteiger partial charge >= 0.3 is 0 Å². The molecule has 2 aliphatic heterocycles. The molecule has 0 N–H and O–H groups in total. The molecule has 5 heteroatoms. The van der Waals surface area contributed by atoms with E-state index >= 15 is 0 Å². The van der Waals surface area contributed by atoms with Crippen molar-refractivity contribution in [3.63, 3.8) is 0 Å². The van der Waals surface area contributed by atoms with Crippen LogP contribution in [0.5, 0.6) is 5.75 Å². The first-order chi connectivity index (χ1) is 16.9. The van der Waals surface area contributed by atoms with Crippen LogP contribution in [0.3, 0.4) is 0 Å². The highest BCUT2D eigenvalue weighted by atomic mass is 16.5. The predicted octanol–water partition coefficient (Wildman–Crippen LogP) is 5.60. The van der Waals surface area contributed by atoms with Crippen molar-refractivity contribution in [3.8, 4) is 5.75 Å². The molecule has 2 aromatic rings. The van der Waals surface area contributed by atoms with Crippen molar-refractivity contribution < 1.29 is 19.1 Å². The Morgan fingerprint density at radius 2 is 1.74 bits per heavy atom.